The molecule has 1 fully saturated rings. The van der Waals surface area contributed by atoms with Crippen LogP contribution in [0.4, 0.5) is 0 Å². The number of nitrogens with zero attached hydrogens (tertiary/aromatic N) is 1. The third kappa shape index (κ3) is 5.28. The van der Waals surface area contributed by atoms with Crippen molar-refractivity contribution in [3.8, 4) is 0 Å². The van der Waals surface area contributed by atoms with Crippen LogP contribution in [-0.2, 0) is 10.1 Å². The third-order valence-corrected chi connectivity index (χ3v) is 2.99. The van der Waals surface area contributed by atoms with E-state index in [9.17, 15) is 8.42 Å². The normalized spacial score (nSPS) is 23.6. The molecular weight excluding hydrogens is 214 g/mol. The molecule has 0 aromatic heterocycles. The van der Waals surface area contributed by atoms with Gasteiger partial charge in [0, 0.05) is 6.54 Å². The summed E-state index contributed by atoms with van der Waals surface area (Å²) in [6.45, 7) is 1.13. The van der Waals surface area contributed by atoms with E-state index in [1.54, 1.807) is 0 Å². The van der Waals surface area contributed by atoms with Gasteiger partial charge in [-0.3, -0.25) is 9.55 Å². The van der Waals surface area contributed by atoms with Crippen LogP contribution in [0.3, 0.4) is 0 Å². The lowest BCUT2D eigenvalue weighted by molar-refractivity contribution is 0.222. The molecule has 0 aromatic rings. The minimum absolute atomic E-state index is 0.651. The molecule has 5 heteroatoms. The van der Waals surface area contributed by atoms with Gasteiger partial charge in [-0.25, -0.2) is 0 Å². The summed E-state index contributed by atoms with van der Waals surface area (Å²) in [6, 6.07) is 0. The lowest BCUT2D eigenvalue weighted by Crippen LogP contribution is -2.24. The van der Waals surface area contributed by atoms with Crippen molar-refractivity contribution in [2.24, 2.45) is 10.4 Å². The maximum absolute atomic E-state index is 9.19. The highest BCUT2D eigenvalue weighted by atomic mass is 32.2. The summed E-state index contributed by atoms with van der Waals surface area (Å²) < 4.78 is 25.9. The minimum atomic E-state index is -3.67. The highest BCUT2D eigenvalue weighted by Crippen LogP contribution is 2.40. The predicted molar refractivity (Wildman–Crippen MR) is 61.0 cm³/mol. The maximum Gasteiger partial charge on any atom is 0.261 e. The minimum Gasteiger partial charge on any atom is -0.297 e. The number of aliphatic imine (C=N–C) groups is 1. The third-order valence-electron chi connectivity index (χ3n) is 2.99. The average Bonchev–Trinajstić information content (AvgIpc) is 2.52. The van der Waals surface area contributed by atoms with Gasteiger partial charge in [-0.1, -0.05) is 19.3 Å². The summed E-state index contributed by atoms with van der Waals surface area (Å²) in [5, 5.41) is 0. The van der Waals surface area contributed by atoms with Gasteiger partial charge < -0.3 is 0 Å². The Morgan fingerprint density at radius 3 is 2.20 bits per heavy atom. The van der Waals surface area contributed by atoms with Gasteiger partial charge in [0.05, 0.1) is 6.26 Å². The van der Waals surface area contributed by atoms with Gasteiger partial charge >= 0.3 is 0 Å². The topological polar surface area (TPSA) is 66.7 Å². The van der Waals surface area contributed by atoms with Crippen molar-refractivity contribution >= 4 is 16.3 Å². The summed E-state index contributed by atoms with van der Waals surface area (Å²) in [7, 11) is -3.67. The van der Waals surface area contributed by atoms with Crippen molar-refractivity contribution in [3.05, 3.63) is 0 Å². The van der Waals surface area contributed by atoms with Crippen LogP contribution in [0.1, 0.15) is 38.5 Å². The Morgan fingerprint density at radius 1 is 1.27 bits per heavy atom. The van der Waals surface area contributed by atoms with Crippen LogP contribution in [0.5, 0.6) is 0 Å². The Labute approximate surface area is 91.5 Å². The number of hydrogen-bond acceptors (Lipinski definition) is 3. The summed E-state index contributed by atoms with van der Waals surface area (Å²) in [5.74, 6) is 0. The molecule has 1 heterocycles. The molecule has 1 spiro atoms. The molecule has 1 saturated carbocycles. The molecule has 2 rings (SSSR count). The smallest absolute Gasteiger partial charge is 0.261 e. The molecule has 2 aliphatic rings. The zero-order valence-electron chi connectivity index (χ0n) is 9.15. The monoisotopic (exact) mass is 233 g/mol. The Balaban J connectivity index is 0.000000195. The lowest BCUT2D eigenvalue weighted by Gasteiger charge is -2.31. The molecule has 88 valence electrons. The first-order chi connectivity index (χ1) is 6.91. The Hall–Kier alpha value is -0.420. The largest absolute Gasteiger partial charge is 0.297 e. The van der Waals surface area contributed by atoms with Crippen molar-refractivity contribution in [1.82, 2.24) is 0 Å². The van der Waals surface area contributed by atoms with Crippen molar-refractivity contribution in [2.75, 3.05) is 12.8 Å². The second-order valence-electron chi connectivity index (χ2n) is 4.52. The van der Waals surface area contributed by atoms with Crippen molar-refractivity contribution < 1.29 is 13.0 Å². The lowest BCUT2D eigenvalue weighted by atomic mass is 9.73. The van der Waals surface area contributed by atoms with Gasteiger partial charge in [0.1, 0.15) is 0 Å². The van der Waals surface area contributed by atoms with Gasteiger partial charge in [-0.15, -0.1) is 0 Å². The zero-order valence-corrected chi connectivity index (χ0v) is 9.96. The van der Waals surface area contributed by atoms with Crippen LogP contribution in [-0.4, -0.2) is 32.0 Å². The van der Waals surface area contributed by atoms with Gasteiger partial charge in [0.25, 0.3) is 10.1 Å². The first-order valence-corrected chi connectivity index (χ1v) is 7.17. The summed E-state index contributed by atoms with van der Waals surface area (Å²) >= 11 is 0. The van der Waals surface area contributed by atoms with Crippen LogP contribution in [0.2, 0.25) is 0 Å². The van der Waals surface area contributed by atoms with Crippen molar-refractivity contribution in [3.63, 3.8) is 0 Å². The molecule has 1 aliphatic heterocycles. The summed E-state index contributed by atoms with van der Waals surface area (Å²) in [4.78, 5) is 4.34. The van der Waals surface area contributed by atoms with Crippen LogP contribution in [0, 0.1) is 5.41 Å². The average molecular weight is 233 g/mol. The Morgan fingerprint density at radius 2 is 1.80 bits per heavy atom. The first kappa shape index (κ1) is 12.6. The van der Waals surface area contributed by atoms with E-state index in [0.717, 1.165) is 6.54 Å². The molecule has 0 saturated heterocycles. The molecule has 0 unspecified atom stereocenters. The second-order valence-corrected chi connectivity index (χ2v) is 5.99. The molecular formula is C10H19NO3S. The quantitative estimate of drug-likeness (QED) is 0.650. The van der Waals surface area contributed by atoms with E-state index < -0.39 is 10.1 Å². The second kappa shape index (κ2) is 5.07. The molecule has 0 atom stereocenters. The molecule has 0 amide bonds. The highest BCUT2D eigenvalue weighted by Gasteiger charge is 2.32. The van der Waals surface area contributed by atoms with Crippen LogP contribution in [0.25, 0.3) is 0 Å². The van der Waals surface area contributed by atoms with E-state index in [0.29, 0.717) is 11.7 Å². The zero-order chi connectivity index (χ0) is 11.4. The predicted octanol–water partition coefficient (Wildman–Crippen LogP) is 1.92. The van der Waals surface area contributed by atoms with E-state index in [1.165, 1.54) is 38.5 Å². The Bertz CT molecular complexity index is 298. The van der Waals surface area contributed by atoms with E-state index in [2.05, 4.69) is 11.2 Å². The fraction of sp³-hybridized carbons (Fsp3) is 0.900. The van der Waals surface area contributed by atoms with Gasteiger partial charge in [-0.05, 0) is 30.9 Å². The molecule has 1 aliphatic carbocycles. The van der Waals surface area contributed by atoms with E-state index in [1.807, 2.05) is 0 Å². The first-order valence-electron chi connectivity index (χ1n) is 5.32. The molecule has 4 nitrogen and oxygen atoms in total. The molecule has 0 aromatic carbocycles. The molecule has 0 radical (unpaired) electrons. The SMILES string of the molecule is C1=NCC2(C1)CCCCC2.CS(=O)(=O)O. The molecule has 1 N–H and O–H groups in total. The van der Waals surface area contributed by atoms with Gasteiger partial charge in [0.15, 0.2) is 0 Å². The fourth-order valence-corrected chi connectivity index (χ4v) is 2.24. The summed E-state index contributed by atoms with van der Waals surface area (Å²) in [6.07, 6.45) is 11.3. The van der Waals surface area contributed by atoms with Crippen molar-refractivity contribution in [1.29, 1.82) is 0 Å². The van der Waals surface area contributed by atoms with Gasteiger partial charge in [-0.2, -0.15) is 8.42 Å². The summed E-state index contributed by atoms with van der Waals surface area (Å²) in [5.41, 5.74) is 0.651. The van der Waals surface area contributed by atoms with E-state index in [-0.39, 0.29) is 0 Å². The number of rotatable bonds is 0. The Kier molecular flexibility index (Phi) is 4.28. The molecule has 15 heavy (non-hydrogen) atoms. The van der Waals surface area contributed by atoms with Crippen molar-refractivity contribution in [2.45, 2.75) is 38.5 Å². The van der Waals surface area contributed by atoms with Gasteiger partial charge in [0.2, 0.25) is 0 Å². The van der Waals surface area contributed by atoms with E-state index >= 15 is 0 Å². The van der Waals surface area contributed by atoms with Crippen LogP contribution >= 0.6 is 0 Å². The molecule has 0 bridgehead atoms. The van der Waals surface area contributed by atoms with Crippen LogP contribution < -0.4 is 0 Å². The maximum atomic E-state index is 9.19. The number of hydrogen-bond donors (Lipinski definition) is 1. The standard InChI is InChI=1S/C9H15N.CH4O3S/c1-2-4-9(5-3-1)6-7-10-8-9;1-5(2,3)4/h7H,1-6,8H2;1H3,(H,2,3,4). The van der Waals surface area contributed by atoms with E-state index in [4.69, 9.17) is 4.55 Å². The fourth-order valence-electron chi connectivity index (χ4n) is 2.24. The highest BCUT2D eigenvalue weighted by molar-refractivity contribution is 7.85. The van der Waals surface area contributed by atoms with Crippen LogP contribution in [0.15, 0.2) is 4.99 Å².